The van der Waals surface area contributed by atoms with E-state index in [1.165, 1.54) is 18.9 Å². The SMILES string of the molecule is COc1cc(OC)c(Nc2cnn(C34CC5CC(CC(CC(=O)O)(C5)C3)C4)c(=O)c2Cl)cc1Cl. The topological polar surface area (TPSA) is 103 Å². The summed E-state index contributed by atoms with van der Waals surface area (Å²) in [6, 6.07) is 3.28. The van der Waals surface area contributed by atoms with E-state index in [0.717, 1.165) is 32.1 Å². The first-order valence-electron chi connectivity index (χ1n) is 11.4. The Hall–Kier alpha value is -2.45. The van der Waals surface area contributed by atoms with Crippen molar-refractivity contribution in [3.63, 3.8) is 0 Å². The summed E-state index contributed by atoms with van der Waals surface area (Å²) in [7, 11) is 3.03. The van der Waals surface area contributed by atoms with E-state index >= 15 is 0 Å². The van der Waals surface area contributed by atoms with Crippen LogP contribution in [0.25, 0.3) is 0 Å². The minimum absolute atomic E-state index is 0.0204. The molecule has 6 rings (SSSR count). The van der Waals surface area contributed by atoms with E-state index in [1.54, 1.807) is 18.3 Å². The summed E-state index contributed by atoms with van der Waals surface area (Å²) in [5, 5.41) is 17.6. The molecule has 2 N–H and O–H groups in total. The number of benzene rings is 1. The molecule has 1 aromatic carbocycles. The van der Waals surface area contributed by atoms with E-state index < -0.39 is 11.5 Å². The Bertz CT molecular complexity index is 1200. The van der Waals surface area contributed by atoms with Crippen molar-refractivity contribution in [3.05, 3.63) is 38.7 Å². The summed E-state index contributed by atoms with van der Waals surface area (Å²) in [5.41, 5.74) is -0.275. The number of methoxy groups -OCH3 is 2. The van der Waals surface area contributed by atoms with E-state index in [-0.39, 0.29) is 22.4 Å². The van der Waals surface area contributed by atoms with E-state index in [9.17, 15) is 14.7 Å². The first-order valence-corrected chi connectivity index (χ1v) is 12.1. The van der Waals surface area contributed by atoms with Gasteiger partial charge in [-0.25, -0.2) is 4.68 Å². The molecule has 2 aromatic rings. The van der Waals surface area contributed by atoms with Crippen LogP contribution in [0.4, 0.5) is 11.4 Å². The third-order valence-electron chi connectivity index (χ3n) is 7.79. The fraction of sp³-hybridized carbons (Fsp3) is 0.542. The molecule has 4 saturated carbocycles. The summed E-state index contributed by atoms with van der Waals surface area (Å²) in [5.74, 6) is 0.981. The monoisotopic (exact) mass is 507 g/mol. The van der Waals surface area contributed by atoms with Crippen LogP contribution < -0.4 is 20.3 Å². The molecule has 2 atom stereocenters. The zero-order chi connectivity index (χ0) is 24.3. The van der Waals surface area contributed by atoms with Gasteiger partial charge in [-0.3, -0.25) is 9.59 Å². The van der Waals surface area contributed by atoms with Gasteiger partial charge in [0, 0.05) is 6.07 Å². The van der Waals surface area contributed by atoms with E-state index in [0.29, 0.717) is 46.2 Å². The molecular weight excluding hydrogens is 481 g/mol. The molecule has 0 amide bonds. The van der Waals surface area contributed by atoms with E-state index in [4.69, 9.17) is 32.7 Å². The Labute approximate surface area is 207 Å². The minimum atomic E-state index is -0.776. The summed E-state index contributed by atoms with van der Waals surface area (Å²) in [6.07, 6.45) is 6.94. The molecule has 1 heterocycles. The van der Waals surface area contributed by atoms with Crippen molar-refractivity contribution >= 4 is 40.5 Å². The molecule has 8 nitrogen and oxygen atoms in total. The van der Waals surface area contributed by atoms with Crippen LogP contribution in [-0.4, -0.2) is 35.1 Å². The molecular formula is C24H27Cl2N3O5. The predicted molar refractivity (Wildman–Crippen MR) is 129 cm³/mol. The lowest BCUT2D eigenvalue weighted by atomic mass is 9.46. The lowest BCUT2D eigenvalue weighted by molar-refractivity contribution is -0.151. The van der Waals surface area contributed by atoms with Crippen molar-refractivity contribution in [1.82, 2.24) is 9.78 Å². The maximum absolute atomic E-state index is 13.5. The Kier molecular flexibility index (Phi) is 5.72. The highest BCUT2D eigenvalue weighted by Crippen LogP contribution is 2.65. The number of carboxylic acids is 1. The number of aromatic nitrogens is 2. The molecule has 4 aliphatic carbocycles. The number of hydrogen-bond donors (Lipinski definition) is 2. The zero-order valence-electron chi connectivity index (χ0n) is 19.1. The number of carbonyl (C=O) groups is 1. The maximum Gasteiger partial charge on any atom is 0.303 e. The normalized spacial score (nSPS) is 29.2. The second kappa shape index (κ2) is 8.34. The minimum Gasteiger partial charge on any atom is -0.495 e. The van der Waals surface area contributed by atoms with Crippen molar-refractivity contribution < 1.29 is 19.4 Å². The Morgan fingerprint density at radius 3 is 2.44 bits per heavy atom. The zero-order valence-corrected chi connectivity index (χ0v) is 20.6. The van der Waals surface area contributed by atoms with E-state index in [2.05, 4.69) is 10.4 Å². The molecule has 0 saturated heterocycles. The Morgan fingerprint density at radius 1 is 1.15 bits per heavy atom. The van der Waals surface area contributed by atoms with Gasteiger partial charge in [0.2, 0.25) is 0 Å². The predicted octanol–water partition coefficient (Wildman–Crippen LogP) is 5.08. The average molecular weight is 508 g/mol. The number of halogens is 2. The maximum atomic E-state index is 13.5. The van der Waals surface area contributed by atoms with Gasteiger partial charge >= 0.3 is 5.97 Å². The third-order valence-corrected chi connectivity index (χ3v) is 8.45. The van der Waals surface area contributed by atoms with Gasteiger partial charge in [0.05, 0.1) is 48.8 Å². The number of rotatable bonds is 7. The fourth-order valence-electron chi connectivity index (χ4n) is 7.14. The number of nitrogens with one attached hydrogen (secondary N) is 1. The highest BCUT2D eigenvalue weighted by atomic mass is 35.5. The van der Waals surface area contributed by atoms with Gasteiger partial charge in [0.15, 0.2) is 0 Å². The molecule has 4 fully saturated rings. The van der Waals surface area contributed by atoms with Crippen LogP contribution in [0.5, 0.6) is 11.5 Å². The van der Waals surface area contributed by atoms with Gasteiger partial charge < -0.3 is 19.9 Å². The number of hydrogen-bond acceptors (Lipinski definition) is 6. The van der Waals surface area contributed by atoms with Crippen LogP contribution >= 0.6 is 23.2 Å². The van der Waals surface area contributed by atoms with Crippen LogP contribution in [-0.2, 0) is 10.3 Å². The summed E-state index contributed by atoms with van der Waals surface area (Å²) < 4.78 is 12.2. The van der Waals surface area contributed by atoms with Crippen LogP contribution in [0.15, 0.2) is 23.1 Å². The second-order valence-corrected chi connectivity index (χ2v) is 10.9. The number of aliphatic carboxylic acids is 1. The summed E-state index contributed by atoms with van der Waals surface area (Å²) >= 11 is 12.8. The number of anilines is 2. The van der Waals surface area contributed by atoms with Crippen LogP contribution in [0.2, 0.25) is 10.0 Å². The third kappa shape index (κ3) is 3.81. The van der Waals surface area contributed by atoms with Gasteiger partial charge in [0.25, 0.3) is 5.56 Å². The Balaban J connectivity index is 1.50. The molecule has 0 spiro atoms. The van der Waals surface area contributed by atoms with Crippen molar-refractivity contribution in [2.75, 3.05) is 19.5 Å². The van der Waals surface area contributed by atoms with E-state index in [1.807, 2.05) is 0 Å². The molecule has 4 aliphatic rings. The molecule has 34 heavy (non-hydrogen) atoms. The van der Waals surface area contributed by atoms with Crippen molar-refractivity contribution in [1.29, 1.82) is 0 Å². The Morgan fingerprint density at radius 2 is 1.82 bits per heavy atom. The molecule has 0 aliphatic heterocycles. The van der Waals surface area contributed by atoms with Gasteiger partial charge in [-0.15, -0.1) is 0 Å². The van der Waals surface area contributed by atoms with Gasteiger partial charge in [-0.2, -0.15) is 5.10 Å². The lowest BCUT2D eigenvalue weighted by Crippen LogP contribution is -2.59. The van der Waals surface area contributed by atoms with Gasteiger partial charge in [0.1, 0.15) is 16.5 Å². The van der Waals surface area contributed by atoms with Crippen LogP contribution in [0.1, 0.15) is 44.9 Å². The smallest absolute Gasteiger partial charge is 0.303 e. The summed E-state index contributed by atoms with van der Waals surface area (Å²) in [4.78, 5) is 25.1. The first kappa shape index (κ1) is 23.3. The van der Waals surface area contributed by atoms with Crippen molar-refractivity contribution in [3.8, 4) is 11.5 Å². The molecule has 10 heteroatoms. The van der Waals surface area contributed by atoms with Gasteiger partial charge in [-0.1, -0.05) is 23.2 Å². The lowest BCUT2D eigenvalue weighted by Gasteiger charge is -2.61. The second-order valence-electron chi connectivity index (χ2n) is 10.2. The standard InChI is InChI=1S/C24H27Cl2N3O5/c1-33-18-5-19(34-2)16(4-15(18)25)28-17-11-27-29(22(32)21(17)26)24-8-13-3-14(9-24)7-23(6-13,12-24)10-20(30)31/h4-5,11,13-14,28H,3,6-10,12H2,1-2H3,(H,30,31). The highest BCUT2D eigenvalue weighted by molar-refractivity contribution is 6.33. The van der Waals surface area contributed by atoms with Crippen molar-refractivity contribution in [2.24, 2.45) is 17.3 Å². The fourth-order valence-corrected chi connectivity index (χ4v) is 7.55. The molecule has 1 aromatic heterocycles. The van der Waals surface area contributed by atoms with Crippen LogP contribution in [0, 0.1) is 17.3 Å². The quantitative estimate of drug-likeness (QED) is 0.538. The summed E-state index contributed by atoms with van der Waals surface area (Å²) in [6.45, 7) is 0. The molecule has 0 radical (unpaired) electrons. The number of carboxylic acid groups (broad SMARTS) is 1. The molecule has 182 valence electrons. The number of nitrogens with zero attached hydrogens (tertiary/aromatic N) is 2. The highest BCUT2D eigenvalue weighted by Gasteiger charge is 2.59. The first-order chi connectivity index (χ1) is 16.2. The van der Waals surface area contributed by atoms with Crippen LogP contribution in [0.3, 0.4) is 0 Å². The molecule has 4 bridgehead atoms. The number of ether oxygens (including phenoxy) is 2. The van der Waals surface area contributed by atoms with Crippen molar-refractivity contribution in [2.45, 2.75) is 50.5 Å². The largest absolute Gasteiger partial charge is 0.495 e. The molecule has 2 unspecified atom stereocenters. The average Bonchev–Trinajstić information content (AvgIpc) is 2.75. The van der Waals surface area contributed by atoms with Gasteiger partial charge in [-0.05, 0) is 61.8 Å².